The van der Waals surface area contributed by atoms with Crippen LogP contribution < -0.4 is 5.73 Å². The molecule has 0 saturated carbocycles. The van der Waals surface area contributed by atoms with Gasteiger partial charge in [-0.05, 0) is 47.1 Å². The maximum Gasteiger partial charge on any atom is 0.223 e. The third kappa shape index (κ3) is 2.56. The molecule has 2 unspecified atom stereocenters. The second kappa shape index (κ2) is 5.50. The lowest BCUT2D eigenvalue weighted by molar-refractivity contribution is -0.132. The molecule has 0 bridgehead atoms. The maximum absolute atomic E-state index is 12.1. The lowest BCUT2D eigenvalue weighted by atomic mass is 10.0. The fraction of sp³-hybridized carbons (Fsp3) is 0.583. The summed E-state index contributed by atoms with van der Waals surface area (Å²) < 4.78 is 1.07. The van der Waals surface area contributed by atoms with Crippen molar-refractivity contribution in [2.45, 2.75) is 38.3 Å². The number of carbonyl (C=O) groups is 1. The Hall–Kier alpha value is -0.390. The Labute approximate surface area is 114 Å². The largest absolute Gasteiger partial charge is 0.334 e. The molecule has 1 amide bonds. The number of amides is 1. The number of carbonyl (C=O) groups excluding carboxylic acids is 1. The Morgan fingerprint density at radius 1 is 1.65 bits per heavy atom. The minimum Gasteiger partial charge on any atom is -0.334 e. The van der Waals surface area contributed by atoms with Crippen molar-refractivity contribution in [1.82, 2.24) is 4.90 Å². The van der Waals surface area contributed by atoms with Gasteiger partial charge in [-0.1, -0.05) is 0 Å². The summed E-state index contributed by atoms with van der Waals surface area (Å²) in [6.07, 6.45) is 2.44. The molecule has 2 atom stereocenters. The van der Waals surface area contributed by atoms with Crippen molar-refractivity contribution < 1.29 is 4.79 Å². The molecule has 2 heterocycles. The SMILES string of the molecule is CCN1C(=O)CCCC(N)C1c1sccc1Br. The molecule has 0 aromatic carbocycles. The molecular formula is C12H17BrN2OS. The molecule has 1 saturated heterocycles. The average molecular weight is 317 g/mol. The minimum absolute atomic E-state index is 0.0318. The summed E-state index contributed by atoms with van der Waals surface area (Å²) in [5, 5.41) is 2.04. The number of likely N-dealkylation sites (tertiary alicyclic amines) is 1. The van der Waals surface area contributed by atoms with Crippen LogP contribution in [0.5, 0.6) is 0 Å². The normalized spacial score (nSPS) is 26.1. The molecule has 1 aliphatic rings. The number of hydrogen-bond donors (Lipinski definition) is 1. The molecule has 1 aromatic rings. The van der Waals surface area contributed by atoms with Crippen LogP contribution >= 0.6 is 27.3 Å². The van der Waals surface area contributed by atoms with Gasteiger partial charge in [0, 0.05) is 28.4 Å². The van der Waals surface area contributed by atoms with E-state index >= 15 is 0 Å². The maximum atomic E-state index is 12.1. The summed E-state index contributed by atoms with van der Waals surface area (Å²) in [5.74, 6) is 0.228. The van der Waals surface area contributed by atoms with Gasteiger partial charge in [-0.3, -0.25) is 4.79 Å². The Bertz CT molecular complexity index is 407. The fourth-order valence-electron chi connectivity index (χ4n) is 2.40. The molecule has 2 N–H and O–H groups in total. The highest BCUT2D eigenvalue weighted by Crippen LogP contribution is 2.37. The quantitative estimate of drug-likeness (QED) is 0.911. The van der Waals surface area contributed by atoms with Gasteiger partial charge in [0.1, 0.15) is 0 Å². The Balaban J connectivity index is 2.38. The molecule has 2 rings (SSSR count). The minimum atomic E-state index is 0.0318. The summed E-state index contributed by atoms with van der Waals surface area (Å²) in [7, 11) is 0. The second-order valence-electron chi connectivity index (χ2n) is 4.31. The van der Waals surface area contributed by atoms with Crippen LogP contribution in [0.4, 0.5) is 0 Å². The molecular weight excluding hydrogens is 300 g/mol. The highest BCUT2D eigenvalue weighted by molar-refractivity contribution is 9.10. The van der Waals surface area contributed by atoms with E-state index < -0.39 is 0 Å². The first kappa shape index (κ1) is 13.1. The molecule has 1 aromatic heterocycles. The van der Waals surface area contributed by atoms with Crippen molar-refractivity contribution >= 4 is 33.2 Å². The fourth-order valence-corrected chi connectivity index (χ4v) is 4.20. The van der Waals surface area contributed by atoms with Crippen molar-refractivity contribution in [3.05, 3.63) is 20.8 Å². The van der Waals surface area contributed by atoms with Crippen LogP contribution in [-0.4, -0.2) is 23.4 Å². The van der Waals surface area contributed by atoms with Crippen LogP contribution in [0.15, 0.2) is 15.9 Å². The molecule has 17 heavy (non-hydrogen) atoms. The van der Waals surface area contributed by atoms with E-state index in [-0.39, 0.29) is 18.0 Å². The smallest absolute Gasteiger partial charge is 0.223 e. The molecule has 1 aliphatic heterocycles. The number of thiophene rings is 1. The third-order valence-electron chi connectivity index (χ3n) is 3.24. The van der Waals surface area contributed by atoms with Crippen LogP contribution in [0.3, 0.4) is 0 Å². The van der Waals surface area contributed by atoms with Crippen LogP contribution in [0.25, 0.3) is 0 Å². The first-order chi connectivity index (χ1) is 8.15. The predicted octanol–water partition coefficient (Wildman–Crippen LogP) is 2.91. The standard InChI is InChI=1S/C12H17BrN2OS/c1-2-15-10(16)5-3-4-9(14)11(15)12-8(13)6-7-17-12/h6-7,9,11H,2-5,14H2,1H3. The number of likely N-dealkylation sites (N-methyl/N-ethyl adjacent to an activating group) is 1. The summed E-state index contributed by atoms with van der Waals surface area (Å²) in [5.41, 5.74) is 6.26. The van der Waals surface area contributed by atoms with Crippen molar-refractivity contribution in [3.63, 3.8) is 0 Å². The van der Waals surface area contributed by atoms with Crippen molar-refractivity contribution in [1.29, 1.82) is 0 Å². The summed E-state index contributed by atoms with van der Waals surface area (Å²) in [4.78, 5) is 15.2. The summed E-state index contributed by atoms with van der Waals surface area (Å²) in [6.45, 7) is 2.74. The van der Waals surface area contributed by atoms with E-state index in [1.807, 2.05) is 23.3 Å². The van der Waals surface area contributed by atoms with E-state index in [0.717, 1.165) is 23.9 Å². The molecule has 0 radical (unpaired) electrons. The predicted molar refractivity (Wildman–Crippen MR) is 74.0 cm³/mol. The van der Waals surface area contributed by atoms with Crippen LogP contribution in [0, 0.1) is 0 Å². The van der Waals surface area contributed by atoms with E-state index in [1.165, 1.54) is 4.88 Å². The zero-order valence-corrected chi connectivity index (χ0v) is 12.3. The zero-order valence-electron chi connectivity index (χ0n) is 9.86. The van der Waals surface area contributed by atoms with Crippen LogP contribution in [0.2, 0.25) is 0 Å². The Morgan fingerprint density at radius 2 is 2.41 bits per heavy atom. The summed E-state index contributed by atoms with van der Waals surface area (Å²) >= 11 is 5.22. The first-order valence-electron chi connectivity index (χ1n) is 5.93. The van der Waals surface area contributed by atoms with Gasteiger partial charge in [-0.25, -0.2) is 0 Å². The summed E-state index contributed by atoms with van der Waals surface area (Å²) in [6, 6.07) is 2.09. The van der Waals surface area contributed by atoms with Crippen molar-refractivity contribution in [2.75, 3.05) is 6.54 Å². The van der Waals surface area contributed by atoms with E-state index in [9.17, 15) is 4.79 Å². The molecule has 94 valence electrons. The number of hydrogen-bond acceptors (Lipinski definition) is 3. The van der Waals surface area contributed by atoms with Crippen molar-refractivity contribution in [2.24, 2.45) is 5.73 Å². The molecule has 0 aliphatic carbocycles. The van der Waals surface area contributed by atoms with Gasteiger partial charge in [0.05, 0.1) is 6.04 Å². The lowest BCUT2D eigenvalue weighted by Gasteiger charge is -2.32. The third-order valence-corrected chi connectivity index (χ3v) is 5.19. The topological polar surface area (TPSA) is 46.3 Å². The zero-order chi connectivity index (χ0) is 12.4. The van der Waals surface area contributed by atoms with Gasteiger partial charge >= 0.3 is 0 Å². The highest BCUT2D eigenvalue weighted by atomic mass is 79.9. The highest BCUT2D eigenvalue weighted by Gasteiger charge is 2.33. The van der Waals surface area contributed by atoms with Crippen molar-refractivity contribution in [3.8, 4) is 0 Å². The van der Waals surface area contributed by atoms with Gasteiger partial charge in [0.2, 0.25) is 5.91 Å². The molecule has 5 heteroatoms. The number of nitrogens with two attached hydrogens (primary N) is 1. The van der Waals surface area contributed by atoms with Crippen LogP contribution in [0.1, 0.15) is 37.1 Å². The van der Waals surface area contributed by atoms with Crippen LogP contribution in [-0.2, 0) is 4.79 Å². The van der Waals surface area contributed by atoms with E-state index in [1.54, 1.807) is 11.3 Å². The van der Waals surface area contributed by atoms with E-state index in [4.69, 9.17) is 5.73 Å². The number of halogens is 1. The van der Waals surface area contributed by atoms with Gasteiger partial charge in [-0.15, -0.1) is 11.3 Å². The van der Waals surface area contributed by atoms with Gasteiger partial charge in [0.25, 0.3) is 0 Å². The molecule has 3 nitrogen and oxygen atoms in total. The average Bonchev–Trinajstić information content (AvgIpc) is 2.65. The Morgan fingerprint density at radius 3 is 3.00 bits per heavy atom. The van der Waals surface area contributed by atoms with Gasteiger partial charge in [-0.2, -0.15) is 0 Å². The Kier molecular flexibility index (Phi) is 4.22. The lowest BCUT2D eigenvalue weighted by Crippen LogP contribution is -2.41. The number of rotatable bonds is 2. The molecule has 1 fully saturated rings. The van der Waals surface area contributed by atoms with Gasteiger partial charge < -0.3 is 10.6 Å². The number of nitrogens with zero attached hydrogens (tertiary/aromatic N) is 1. The van der Waals surface area contributed by atoms with E-state index in [0.29, 0.717) is 6.42 Å². The van der Waals surface area contributed by atoms with Gasteiger partial charge in [0.15, 0.2) is 0 Å². The molecule has 0 spiro atoms. The first-order valence-corrected chi connectivity index (χ1v) is 7.60. The monoisotopic (exact) mass is 316 g/mol. The van der Waals surface area contributed by atoms with E-state index in [2.05, 4.69) is 15.9 Å². The second-order valence-corrected chi connectivity index (χ2v) is 6.12.